The molecular weight excluding hydrogens is 630 g/mol. The van der Waals surface area contributed by atoms with Gasteiger partial charge in [-0.3, -0.25) is 33.8 Å². The van der Waals surface area contributed by atoms with E-state index in [2.05, 4.69) is 31.6 Å². The summed E-state index contributed by atoms with van der Waals surface area (Å²) in [6, 6.07) is -4.21. The van der Waals surface area contributed by atoms with E-state index in [1.165, 1.54) is 0 Å². The van der Waals surface area contributed by atoms with Crippen molar-refractivity contribution in [1.29, 1.82) is 0 Å². The van der Waals surface area contributed by atoms with Crippen LogP contribution < -0.4 is 43.8 Å². The van der Waals surface area contributed by atoms with Gasteiger partial charge in [0, 0.05) is 6.54 Å². The second-order valence-electron chi connectivity index (χ2n) is 12.4. The fraction of sp³-hybridized carbons (Fsp3) is 0.733. The molecule has 0 aromatic heterocycles. The van der Waals surface area contributed by atoms with Gasteiger partial charge in [0.25, 0.3) is 0 Å². The highest BCUT2D eigenvalue weighted by Gasteiger charge is 2.31. The quantitative estimate of drug-likeness (QED) is 0.0299. The summed E-state index contributed by atoms with van der Waals surface area (Å²) in [7, 11) is 0. The number of rotatable bonds is 24. The number of aliphatic imine (C=N–C) groups is 1. The number of hydrogen-bond acceptors (Lipinski definition) is 9. The van der Waals surface area contributed by atoms with Crippen molar-refractivity contribution in [2.24, 2.45) is 39.9 Å². The lowest BCUT2D eigenvalue weighted by atomic mass is 9.96. The molecule has 0 saturated heterocycles. The number of carboxylic acids is 1. The van der Waals surface area contributed by atoms with E-state index in [9.17, 15) is 33.6 Å². The van der Waals surface area contributed by atoms with Gasteiger partial charge in [0.05, 0.1) is 6.54 Å². The van der Waals surface area contributed by atoms with Crippen molar-refractivity contribution in [2.75, 3.05) is 26.3 Å². The number of carbonyl (C=O) groups is 7. The molecular formula is C30H55N9O9. The fourth-order valence-corrected chi connectivity index (χ4v) is 4.41. The number of carbonyl (C=O) groups excluding carboxylic acids is 6. The van der Waals surface area contributed by atoms with Crippen LogP contribution in [0.5, 0.6) is 0 Å². The van der Waals surface area contributed by atoms with E-state index in [4.69, 9.17) is 27.0 Å². The minimum Gasteiger partial charge on any atom is -0.480 e. The zero-order chi connectivity index (χ0) is 37.0. The molecule has 0 aliphatic carbocycles. The van der Waals surface area contributed by atoms with Crippen molar-refractivity contribution in [3.8, 4) is 0 Å². The molecule has 0 fully saturated rings. The van der Waals surface area contributed by atoms with Crippen molar-refractivity contribution < 1.29 is 43.4 Å². The Balaban J connectivity index is 5.63. The van der Waals surface area contributed by atoms with Crippen molar-refractivity contribution in [3.63, 3.8) is 0 Å². The lowest BCUT2D eigenvalue weighted by Crippen LogP contribution is -2.57. The van der Waals surface area contributed by atoms with Gasteiger partial charge in [0.1, 0.15) is 37.4 Å². The Morgan fingerprint density at radius 2 is 1.29 bits per heavy atom. The Hall–Kier alpha value is -4.48. The standard InChI is InChI=1S/C30H55N9O9/c1-7-18(6)25(39-28(46)21(12-17(4)5)37-23(41)14-48-15-24(42)43)29(47)35-13-22(40)36-19(9-8-10-34-30(32)33)27(45)38-20(26(31)44)11-16(2)3/h16-21,25H,7-15H2,1-6H3,(H2,31,44)(H,35,47)(H,36,40)(H,37,41)(H,38,45)(H,39,46)(H,42,43)(H4,32,33,34)/t18-,19-,20-,21-,25-/m0/s1. The monoisotopic (exact) mass is 685 g/mol. The van der Waals surface area contributed by atoms with Gasteiger partial charge in [0.2, 0.25) is 35.4 Å². The summed E-state index contributed by atoms with van der Waals surface area (Å²) in [5.74, 6) is -5.89. The summed E-state index contributed by atoms with van der Waals surface area (Å²) < 4.78 is 4.79. The SMILES string of the molecule is CC[C@H](C)[C@H](NC(=O)[C@H](CC(C)C)NC(=O)COCC(=O)O)C(=O)NCC(=O)N[C@@H](CCCN=C(N)N)C(=O)N[C@@H](CC(C)C)C(N)=O. The topological polar surface area (TPSA) is 300 Å². The first-order valence-electron chi connectivity index (χ1n) is 16.0. The molecule has 6 amide bonds. The van der Waals surface area contributed by atoms with E-state index in [0.29, 0.717) is 12.8 Å². The highest BCUT2D eigenvalue weighted by Crippen LogP contribution is 2.11. The molecule has 0 unspecified atom stereocenters. The van der Waals surface area contributed by atoms with Crippen LogP contribution in [0.25, 0.3) is 0 Å². The van der Waals surface area contributed by atoms with Crippen molar-refractivity contribution in [3.05, 3.63) is 0 Å². The van der Waals surface area contributed by atoms with E-state index in [-0.39, 0.29) is 49.5 Å². The highest BCUT2D eigenvalue weighted by molar-refractivity contribution is 5.95. The molecule has 5 atom stereocenters. The number of amides is 6. The smallest absolute Gasteiger partial charge is 0.329 e. The van der Waals surface area contributed by atoms with Crippen LogP contribution in [0.3, 0.4) is 0 Å². The number of primary amides is 1. The number of nitrogens with two attached hydrogens (primary N) is 3. The Morgan fingerprint density at radius 1 is 0.729 bits per heavy atom. The van der Waals surface area contributed by atoms with Crippen LogP contribution in [0.4, 0.5) is 0 Å². The number of nitrogens with zero attached hydrogens (tertiary/aromatic N) is 1. The summed E-state index contributed by atoms with van der Waals surface area (Å²) in [6.45, 7) is 9.27. The van der Waals surface area contributed by atoms with E-state index in [1.807, 2.05) is 27.7 Å². The average Bonchev–Trinajstić information content (AvgIpc) is 2.97. The van der Waals surface area contributed by atoms with Gasteiger partial charge >= 0.3 is 5.97 Å². The number of hydrogen-bond donors (Lipinski definition) is 9. The molecule has 0 rings (SSSR count). The van der Waals surface area contributed by atoms with E-state index >= 15 is 0 Å². The second kappa shape index (κ2) is 22.9. The molecule has 12 N–H and O–H groups in total. The average molecular weight is 686 g/mol. The maximum Gasteiger partial charge on any atom is 0.329 e. The molecule has 0 heterocycles. The molecule has 0 aliphatic rings. The summed E-state index contributed by atoms with van der Waals surface area (Å²) >= 11 is 0. The Kier molecular flexibility index (Phi) is 20.8. The maximum atomic E-state index is 13.2. The molecule has 0 aromatic carbocycles. The minimum absolute atomic E-state index is 0.0335. The van der Waals surface area contributed by atoms with Gasteiger partial charge < -0.3 is 53.6 Å². The van der Waals surface area contributed by atoms with Gasteiger partial charge in [-0.25, -0.2) is 4.79 Å². The molecule has 48 heavy (non-hydrogen) atoms. The van der Waals surface area contributed by atoms with Crippen LogP contribution in [-0.4, -0.2) is 103 Å². The van der Waals surface area contributed by atoms with Crippen LogP contribution in [0.1, 0.15) is 73.6 Å². The largest absolute Gasteiger partial charge is 0.480 e. The van der Waals surface area contributed by atoms with Crippen LogP contribution in [-0.2, 0) is 38.3 Å². The number of carboxylic acid groups (broad SMARTS) is 1. The van der Waals surface area contributed by atoms with E-state index in [1.54, 1.807) is 13.8 Å². The van der Waals surface area contributed by atoms with E-state index < -0.39 is 85.3 Å². The zero-order valence-corrected chi connectivity index (χ0v) is 28.8. The molecule has 0 spiro atoms. The lowest BCUT2D eigenvalue weighted by Gasteiger charge is -2.27. The van der Waals surface area contributed by atoms with Gasteiger partial charge in [0.15, 0.2) is 5.96 Å². The summed E-state index contributed by atoms with van der Waals surface area (Å²) in [6.07, 6.45) is 1.38. The van der Waals surface area contributed by atoms with Crippen molar-refractivity contribution in [1.82, 2.24) is 26.6 Å². The first kappa shape index (κ1) is 43.5. The van der Waals surface area contributed by atoms with E-state index in [0.717, 1.165) is 0 Å². The van der Waals surface area contributed by atoms with Crippen LogP contribution in [0.15, 0.2) is 4.99 Å². The normalized spacial score (nSPS) is 14.1. The maximum absolute atomic E-state index is 13.2. The fourth-order valence-electron chi connectivity index (χ4n) is 4.41. The molecule has 0 aliphatic heterocycles. The molecule has 0 aromatic rings. The number of ether oxygens (including phenoxy) is 1. The Morgan fingerprint density at radius 3 is 1.81 bits per heavy atom. The first-order chi connectivity index (χ1) is 22.4. The van der Waals surface area contributed by atoms with Crippen molar-refractivity contribution in [2.45, 2.75) is 97.8 Å². The predicted molar refractivity (Wildman–Crippen MR) is 177 cm³/mol. The van der Waals surface area contributed by atoms with Gasteiger partial charge in [-0.15, -0.1) is 0 Å². The van der Waals surface area contributed by atoms with Gasteiger partial charge in [-0.05, 0) is 43.4 Å². The Labute approximate surface area is 281 Å². The zero-order valence-electron chi connectivity index (χ0n) is 28.8. The van der Waals surface area contributed by atoms with Gasteiger partial charge in [-0.2, -0.15) is 0 Å². The number of nitrogens with one attached hydrogen (secondary N) is 5. The first-order valence-corrected chi connectivity index (χ1v) is 16.0. The third-order valence-electron chi connectivity index (χ3n) is 7.00. The number of guanidine groups is 1. The van der Waals surface area contributed by atoms with Crippen LogP contribution in [0.2, 0.25) is 0 Å². The molecule has 0 radical (unpaired) electrons. The summed E-state index contributed by atoms with van der Waals surface area (Å²) in [5, 5.41) is 21.5. The predicted octanol–water partition coefficient (Wildman–Crippen LogP) is -2.18. The molecule has 18 nitrogen and oxygen atoms in total. The molecule has 0 saturated carbocycles. The third kappa shape index (κ3) is 19.2. The Bertz CT molecular complexity index is 1130. The second-order valence-corrected chi connectivity index (χ2v) is 12.4. The minimum atomic E-state index is -1.25. The van der Waals surface area contributed by atoms with Crippen LogP contribution in [0, 0.1) is 17.8 Å². The van der Waals surface area contributed by atoms with Crippen LogP contribution >= 0.6 is 0 Å². The van der Waals surface area contributed by atoms with Gasteiger partial charge in [-0.1, -0.05) is 48.0 Å². The lowest BCUT2D eigenvalue weighted by molar-refractivity contribution is -0.144. The summed E-state index contributed by atoms with van der Waals surface area (Å²) in [4.78, 5) is 91.2. The van der Waals surface area contributed by atoms with Crippen molar-refractivity contribution >= 4 is 47.4 Å². The molecule has 274 valence electrons. The molecule has 18 heteroatoms. The number of aliphatic carboxylic acids is 1. The third-order valence-corrected chi connectivity index (χ3v) is 7.00. The summed E-state index contributed by atoms with van der Waals surface area (Å²) in [5.41, 5.74) is 16.2. The highest BCUT2D eigenvalue weighted by atomic mass is 16.5. The molecule has 0 bridgehead atoms.